The molecule has 384 valence electrons. The van der Waals surface area contributed by atoms with Crippen molar-refractivity contribution in [3.8, 4) is 18.2 Å². The minimum Gasteiger partial charge on any atom is -0.467 e. The molecule has 19 nitrogen and oxygen atoms in total. The number of urea groups is 3. The van der Waals surface area contributed by atoms with Crippen LogP contribution in [0.5, 0.6) is 0 Å². The number of benzene rings is 1. The molecule has 0 spiro atoms. The number of anilines is 3. The number of nitrogens with one attached hydrogen (secondary N) is 3. The quantitative estimate of drug-likeness (QED) is 0.144. The van der Waals surface area contributed by atoms with Gasteiger partial charge in [-0.3, -0.25) is 0 Å². The fraction of sp³-hybridized carbons (Fsp3) is 0.446. The zero-order chi connectivity index (χ0) is 51.4. The number of carbonyl (C=O) groups is 3. The van der Waals surface area contributed by atoms with Gasteiger partial charge in [-0.25, -0.2) is 29.3 Å². The van der Waals surface area contributed by atoms with Gasteiger partial charge in [-0.05, 0) is 121 Å². The van der Waals surface area contributed by atoms with Gasteiger partial charge in [0, 0.05) is 96.6 Å². The van der Waals surface area contributed by atoms with Gasteiger partial charge >= 0.3 is 18.1 Å². The van der Waals surface area contributed by atoms with E-state index in [0.29, 0.717) is 130 Å². The Balaban J connectivity index is 0.756. The summed E-state index contributed by atoms with van der Waals surface area (Å²) < 4.78 is 5.52. The summed E-state index contributed by atoms with van der Waals surface area (Å²) in [6, 6.07) is 28.0. The van der Waals surface area contributed by atoms with E-state index in [4.69, 9.17) is 4.42 Å². The molecular weight excluding hydrogens is 947 g/mol. The lowest BCUT2D eigenvalue weighted by atomic mass is 9.49. The van der Waals surface area contributed by atoms with Crippen LogP contribution >= 0.6 is 0 Å². The molecule has 4 bridgehead atoms. The Bertz CT molecular complexity index is 2950. The third kappa shape index (κ3) is 10.6. The Kier molecular flexibility index (Phi) is 14.1. The van der Waals surface area contributed by atoms with E-state index in [-0.39, 0.29) is 30.7 Å². The molecule has 4 aromatic heterocycles. The third-order valence-electron chi connectivity index (χ3n) is 16.8. The number of hydrogen-bond acceptors (Lipinski definition) is 13. The molecule has 3 N–H and O–H groups in total. The first-order valence-corrected chi connectivity index (χ1v) is 26.3. The van der Waals surface area contributed by atoms with Crippen LogP contribution in [0, 0.1) is 63.6 Å². The predicted molar refractivity (Wildman–Crippen MR) is 278 cm³/mol. The van der Waals surface area contributed by atoms with E-state index in [1.807, 2.05) is 39.0 Å². The van der Waals surface area contributed by atoms with Gasteiger partial charge in [-0.15, -0.1) is 0 Å². The summed E-state index contributed by atoms with van der Waals surface area (Å²) in [4.78, 5) is 68.3. The molecule has 12 rings (SSSR count). The van der Waals surface area contributed by atoms with Crippen molar-refractivity contribution in [2.75, 3.05) is 80.1 Å². The van der Waals surface area contributed by atoms with Crippen LogP contribution in [0.15, 0.2) is 102 Å². The number of hydrogen-bond donors (Lipinski definition) is 3. The van der Waals surface area contributed by atoms with Crippen molar-refractivity contribution in [1.29, 1.82) is 15.8 Å². The number of nitriles is 3. The molecule has 6 amide bonds. The molecule has 7 fully saturated rings. The van der Waals surface area contributed by atoms with Gasteiger partial charge in [0.15, 0.2) is 0 Å². The maximum absolute atomic E-state index is 14.6. The highest BCUT2D eigenvalue weighted by molar-refractivity contribution is 5.77. The Morgan fingerprint density at radius 2 is 1.11 bits per heavy atom. The SMILES string of the molecule is N#Cc1ccc(N2CCN(C(=O)NC3C4CC5CC(C4)C(Cc4ccc(CNC(=O)N6CCN(c7ccc(C#N)cn7)CC6C6CN(c7ccc(C#N)cn7)CCN6C(=O)NCc6ccco6)cc4)C3C5)CC2)nc1. The minimum atomic E-state index is -0.494. The Morgan fingerprint density at radius 3 is 1.64 bits per heavy atom. The smallest absolute Gasteiger partial charge is 0.318 e. The normalized spacial score (nSPS) is 25.0. The van der Waals surface area contributed by atoms with Crippen molar-refractivity contribution >= 4 is 35.5 Å². The average Bonchev–Trinajstić information content (AvgIpc) is 4.00. The van der Waals surface area contributed by atoms with Crippen LogP contribution in [0.4, 0.5) is 31.8 Å². The van der Waals surface area contributed by atoms with Gasteiger partial charge in [-0.1, -0.05) is 24.3 Å². The highest BCUT2D eigenvalue weighted by atomic mass is 16.3. The van der Waals surface area contributed by atoms with Crippen LogP contribution in [0.25, 0.3) is 0 Å². The topological polar surface area (TPSA) is 230 Å². The summed E-state index contributed by atoms with van der Waals surface area (Å²) in [6.45, 7) is 5.55. The molecule has 75 heavy (non-hydrogen) atoms. The van der Waals surface area contributed by atoms with Gasteiger partial charge in [0.2, 0.25) is 0 Å². The van der Waals surface area contributed by atoms with Gasteiger partial charge in [0.05, 0.1) is 41.6 Å². The first-order chi connectivity index (χ1) is 36.7. The third-order valence-corrected chi connectivity index (χ3v) is 16.8. The largest absolute Gasteiger partial charge is 0.467 e. The fourth-order valence-corrected chi connectivity index (χ4v) is 13.1. The van der Waals surface area contributed by atoms with Crippen molar-refractivity contribution in [3.63, 3.8) is 0 Å². The molecule has 0 radical (unpaired) electrons. The second-order valence-electron chi connectivity index (χ2n) is 21.0. The molecule has 7 aliphatic rings. The number of piperazine rings is 3. The van der Waals surface area contributed by atoms with Crippen LogP contribution in [-0.2, 0) is 19.5 Å². The zero-order valence-electron chi connectivity index (χ0n) is 41.9. The van der Waals surface area contributed by atoms with Gasteiger partial charge in [-0.2, -0.15) is 15.8 Å². The summed E-state index contributed by atoms with van der Waals surface area (Å²) in [5.41, 5.74) is 3.67. The summed E-state index contributed by atoms with van der Waals surface area (Å²) in [5, 5.41) is 38.0. The summed E-state index contributed by atoms with van der Waals surface area (Å²) in [7, 11) is 0. The molecule has 3 aliphatic heterocycles. The predicted octanol–water partition coefficient (Wildman–Crippen LogP) is 5.71. The maximum atomic E-state index is 14.6. The van der Waals surface area contributed by atoms with Crippen LogP contribution in [0.2, 0.25) is 0 Å². The molecule has 3 saturated heterocycles. The summed E-state index contributed by atoms with van der Waals surface area (Å²) >= 11 is 0. The maximum Gasteiger partial charge on any atom is 0.318 e. The van der Waals surface area contributed by atoms with Crippen molar-refractivity contribution in [3.05, 3.63) is 131 Å². The minimum absolute atomic E-state index is 0.0339. The second kappa shape index (κ2) is 21.6. The van der Waals surface area contributed by atoms with Crippen LogP contribution < -0.4 is 30.7 Å². The lowest BCUT2D eigenvalue weighted by molar-refractivity contribution is -0.0612. The summed E-state index contributed by atoms with van der Waals surface area (Å²) in [5.74, 6) is 5.62. The average molecular weight is 1010 g/mol. The van der Waals surface area contributed by atoms with Crippen LogP contribution in [0.1, 0.15) is 59.3 Å². The highest BCUT2D eigenvalue weighted by Crippen LogP contribution is 2.57. The number of pyridine rings is 3. The van der Waals surface area contributed by atoms with Crippen molar-refractivity contribution in [1.82, 2.24) is 45.6 Å². The standard InChI is InChI=1S/C56H61N15O4/c57-27-39-7-10-50(60-31-39)66-13-15-67(16-14-66)56(74)65-53-44-23-42-22-43(26-44)46(47(53)25-42)24-37-3-5-38(6-4-37)30-63-54(72)70-19-17-68(51-11-8-40(28-58)32-61-51)35-48(70)49-36-69(52-12-9-41(29-59)33-62-52)18-20-71(49)55(73)64-34-45-2-1-21-75-45/h1-12,21,31-33,42-44,46-49,53H,13-20,22-26,30,34-36H2,(H,63,72)(H,64,73)(H,65,74). The summed E-state index contributed by atoms with van der Waals surface area (Å²) in [6.07, 6.45) is 12.0. The highest BCUT2D eigenvalue weighted by Gasteiger charge is 2.54. The number of nitrogens with zero attached hydrogens (tertiary/aromatic N) is 12. The van der Waals surface area contributed by atoms with E-state index in [2.05, 4.69) is 88.1 Å². The molecular formula is C56H61N15O4. The van der Waals surface area contributed by atoms with E-state index < -0.39 is 12.1 Å². The number of rotatable bonds is 11. The zero-order valence-corrected chi connectivity index (χ0v) is 41.9. The van der Waals surface area contributed by atoms with Crippen molar-refractivity contribution in [2.45, 2.75) is 63.3 Å². The Morgan fingerprint density at radius 1 is 0.573 bits per heavy atom. The van der Waals surface area contributed by atoms with Crippen molar-refractivity contribution in [2.24, 2.45) is 29.6 Å². The molecule has 5 aromatic rings. The van der Waals surface area contributed by atoms with E-state index in [1.165, 1.54) is 18.4 Å². The van der Waals surface area contributed by atoms with Crippen molar-refractivity contribution < 1.29 is 18.8 Å². The number of furan rings is 1. The lowest BCUT2D eigenvalue weighted by Gasteiger charge is -2.58. The number of aromatic nitrogens is 3. The molecule has 8 unspecified atom stereocenters. The molecule has 7 heterocycles. The molecule has 8 atom stereocenters. The molecule has 4 aliphatic carbocycles. The second-order valence-corrected chi connectivity index (χ2v) is 21.0. The van der Waals surface area contributed by atoms with Gasteiger partial charge in [0.1, 0.15) is 41.4 Å². The van der Waals surface area contributed by atoms with Gasteiger partial charge in [0.25, 0.3) is 0 Å². The Labute approximate surface area is 436 Å². The molecule has 4 saturated carbocycles. The Hall–Kier alpha value is -8.37. The van der Waals surface area contributed by atoms with Gasteiger partial charge < -0.3 is 49.8 Å². The van der Waals surface area contributed by atoms with Crippen LogP contribution in [-0.4, -0.2) is 131 Å². The first-order valence-electron chi connectivity index (χ1n) is 26.3. The number of carbonyl (C=O) groups excluding carboxylic acids is 3. The van der Waals surface area contributed by atoms with E-state index in [9.17, 15) is 30.2 Å². The number of amides is 6. The molecule has 19 heteroatoms. The lowest BCUT2D eigenvalue weighted by Crippen LogP contribution is -2.70. The van der Waals surface area contributed by atoms with E-state index in [1.54, 1.807) is 49.1 Å². The fourth-order valence-electron chi connectivity index (χ4n) is 13.1. The molecule has 1 aromatic carbocycles. The first kappa shape index (κ1) is 48.9. The van der Waals surface area contributed by atoms with E-state index in [0.717, 1.165) is 36.6 Å². The van der Waals surface area contributed by atoms with Crippen LogP contribution in [0.3, 0.4) is 0 Å². The monoisotopic (exact) mass is 1010 g/mol. The van der Waals surface area contributed by atoms with E-state index >= 15 is 0 Å².